The zero-order chi connectivity index (χ0) is 44.5. The number of alkyl halides is 3. The number of halogens is 3. The van der Waals surface area contributed by atoms with Gasteiger partial charge in [-0.1, -0.05) is 30.3 Å². The first-order valence-electron chi connectivity index (χ1n) is 22.6. The average molecular weight is 887 g/mol. The molecule has 5 aromatic rings. The number of hydrogen-bond donors (Lipinski definition) is 3. The molecule has 2 unspecified atom stereocenters. The third kappa shape index (κ3) is 9.90. The number of benzene rings is 2. The molecule has 0 spiro atoms. The van der Waals surface area contributed by atoms with Crippen LogP contribution in [0.2, 0.25) is 0 Å². The summed E-state index contributed by atoms with van der Waals surface area (Å²) in [6.45, 7) is 8.50. The monoisotopic (exact) mass is 886 g/mol. The van der Waals surface area contributed by atoms with Gasteiger partial charge in [0.1, 0.15) is 11.7 Å². The molecule has 3 N–H and O–H groups in total. The van der Waals surface area contributed by atoms with E-state index in [1.54, 1.807) is 17.8 Å². The summed E-state index contributed by atoms with van der Waals surface area (Å²) in [5.41, 5.74) is 6.18. The van der Waals surface area contributed by atoms with Gasteiger partial charge >= 0.3 is 11.9 Å². The molecular weight excluding hydrogens is 830 g/mol. The maximum Gasteiger partial charge on any atom is 0.390 e. The number of nitrogens with one attached hydrogen (secondary N) is 2. The van der Waals surface area contributed by atoms with Gasteiger partial charge in [0.05, 0.1) is 36.3 Å². The van der Waals surface area contributed by atoms with Crippen LogP contribution in [0.3, 0.4) is 0 Å². The van der Waals surface area contributed by atoms with Crippen molar-refractivity contribution in [1.82, 2.24) is 43.7 Å². The Labute approximate surface area is 369 Å². The number of nitrogens with zero attached hydrogens (tertiary/aromatic N) is 8. The first-order valence-corrected chi connectivity index (χ1v) is 22.6. The van der Waals surface area contributed by atoms with E-state index in [9.17, 15) is 32.7 Å². The Morgan fingerprint density at radius 1 is 0.875 bits per heavy atom. The summed E-state index contributed by atoms with van der Waals surface area (Å²) >= 11 is 0. The maximum atomic E-state index is 13.2. The van der Waals surface area contributed by atoms with Crippen molar-refractivity contribution in [2.75, 3.05) is 64.3 Å². The molecule has 1 aliphatic carbocycles. The van der Waals surface area contributed by atoms with E-state index in [1.165, 1.54) is 10.1 Å². The number of rotatable bonds is 14. The molecule has 9 rings (SSSR count). The predicted molar refractivity (Wildman–Crippen MR) is 236 cm³/mol. The summed E-state index contributed by atoms with van der Waals surface area (Å²) in [6.07, 6.45) is 2.87. The van der Waals surface area contributed by atoms with Gasteiger partial charge in [-0.3, -0.25) is 38.7 Å². The highest BCUT2D eigenvalue weighted by atomic mass is 19.4. The van der Waals surface area contributed by atoms with Gasteiger partial charge in [0.2, 0.25) is 17.8 Å². The Morgan fingerprint density at radius 2 is 1.61 bits per heavy atom. The van der Waals surface area contributed by atoms with Crippen LogP contribution in [0, 0.1) is 0 Å². The van der Waals surface area contributed by atoms with Crippen molar-refractivity contribution < 1.29 is 32.6 Å². The van der Waals surface area contributed by atoms with E-state index >= 15 is 0 Å². The summed E-state index contributed by atoms with van der Waals surface area (Å²) in [4.78, 5) is 53.8. The van der Waals surface area contributed by atoms with Crippen LogP contribution in [-0.2, 0) is 34.5 Å². The van der Waals surface area contributed by atoms with Gasteiger partial charge in [-0.2, -0.15) is 18.2 Å². The van der Waals surface area contributed by atoms with Gasteiger partial charge in [0, 0.05) is 108 Å². The zero-order valence-corrected chi connectivity index (χ0v) is 36.2. The highest BCUT2D eigenvalue weighted by Crippen LogP contribution is 2.37. The Balaban J connectivity index is 0.736. The van der Waals surface area contributed by atoms with E-state index in [0.29, 0.717) is 37.0 Å². The second-order valence-corrected chi connectivity index (χ2v) is 18.0. The van der Waals surface area contributed by atoms with Crippen molar-refractivity contribution in [3.63, 3.8) is 0 Å². The number of aliphatic hydroxyl groups excluding tert-OH is 1. The fraction of sp³-hybridized carbons (Fsp3) is 0.543. The number of imidazole rings is 1. The summed E-state index contributed by atoms with van der Waals surface area (Å²) < 4.78 is 50.0. The smallest absolute Gasteiger partial charge is 0.390 e. The van der Waals surface area contributed by atoms with Crippen LogP contribution in [0.4, 0.5) is 19.1 Å². The standard InChI is InChI=1S/C46H57F3N10O5/c1-54-40-24-31(4-11-38(40)59(45(54)63)39-12-13-41(61)52-43(39)62)27-57-17-14-35(28-57)64-23-22-55-18-20-56(21-19-55)26-30-2-5-32(6-3-30)37-29-58(33-7-9-34(60)10-8-33)42-36(37)25-51-44(53-42)50-16-15-46(47,48)49/h2-6,11,24-25,29,33-35,39,60H,7-10,12-23,26-28H2,1H3,(H,50,51,53)(H,52,61,62)/t33-,34-,35?,39?. The number of fused-ring (bicyclic) bond motifs is 2. The first-order chi connectivity index (χ1) is 30.8. The molecule has 3 aliphatic heterocycles. The van der Waals surface area contributed by atoms with E-state index in [1.807, 2.05) is 18.2 Å². The molecule has 15 nitrogen and oxygen atoms in total. The average Bonchev–Trinajstić information content (AvgIpc) is 3.95. The third-order valence-corrected chi connectivity index (χ3v) is 13.5. The molecular formula is C46H57F3N10O5. The van der Waals surface area contributed by atoms with Crippen molar-refractivity contribution in [1.29, 1.82) is 0 Å². The lowest BCUT2D eigenvalue weighted by Crippen LogP contribution is -2.47. The lowest BCUT2D eigenvalue weighted by molar-refractivity contribution is -0.136. The Kier molecular flexibility index (Phi) is 12.9. The van der Waals surface area contributed by atoms with Gasteiger partial charge in [-0.05, 0) is 67.3 Å². The summed E-state index contributed by atoms with van der Waals surface area (Å²) in [5.74, 6) is -0.570. The number of carbonyl (C=O) groups is 2. The zero-order valence-electron chi connectivity index (χ0n) is 36.2. The second-order valence-electron chi connectivity index (χ2n) is 18.0. The van der Waals surface area contributed by atoms with E-state index < -0.39 is 24.5 Å². The van der Waals surface area contributed by atoms with Crippen LogP contribution in [-0.4, -0.2) is 133 Å². The van der Waals surface area contributed by atoms with Gasteiger partial charge in [0.15, 0.2) is 0 Å². The first kappa shape index (κ1) is 44.1. The molecule has 6 heterocycles. The molecule has 2 amide bonds. The van der Waals surface area contributed by atoms with Crippen LogP contribution in [0.25, 0.3) is 33.2 Å². The van der Waals surface area contributed by atoms with E-state index in [0.717, 1.165) is 106 Å². The third-order valence-electron chi connectivity index (χ3n) is 13.5. The van der Waals surface area contributed by atoms with Crippen molar-refractivity contribution in [2.45, 2.75) is 94.9 Å². The minimum Gasteiger partial charge on any atom is -0.393 e. The van der Waals surface area contributed by atoms with Gasteiger partial charge < -0.3 is 19.7 Å². The number of hydrogen-bond acceptors (Lipinski definition) is 11. The SMILES string of the molecule is Cn1c(=O)n(C2CCC(=O)NC2=O)c2ccc(CN3CCC(OCCN4CCN(Cc5ccc(-c6cn([C@H]7CC[C@H](O)CC7)c7nc(NCCC(F)(F)F)ncc67)cc5)CC4)C3)cc21. The minimum atomic E-state index is -4.27. The normalized spacial score (nSPS) is 23.1. The van der Waals surface area contributed by atoms with Crippen molar-refractivity contribution in [3.05, 3.63) is 76.5 Å². The van der Waals surface area contributed by atoms with Crippen LogP contribution in [0.1, 0.15) is 74.6 Å². The predicted octanol–water partition coefficient (Wildman–Crippen LogP) is 4.98. The maximum absolute atomic E-state index is 13.2. The van der Waals surface area contributed by atoms with Crippen molar-refractivity contribution in [3.8, 4) is 11.1 Å². The van der Waals surface area contributed by atoms with E-state index in [-0.39, 0.29) is 48.8 Å². The number of piperidine rings is 1. The highest BCUT2D eigenvalue weighted by molar-refractivity contribution is 6.00. The number of aliphatic hydroxyl groups is 1. The molecule has 0 bridgehead atoms. The van der Waals surface area contributed by atoms with Crippen LogP contribution in [0.5, 0.6) is 0 Å². The molecule has 1 saturated carbocycles. The number of imide groups is 1. The molecule has 4 fully saturated rings. The number of likely N-dealkylation sites (tertiary alicyclic amines) is 1. The van der Waals surface area contributed by atoms with Gasteiger partial charge in [-0.25, -0.2) is 9.78 Å². The molecule has 2 aromatic carbocycles. The van der Waals surface area contributed by atoms with Crippen LogP contribution >= 0.6 is 0 Å². The number of ether oxygens (including phenoxy) is 1. The molecule has 18 heteroatoms. The Bertz CT molecular complexity index is 2520. The van der Waals surface area contributed by atoms with E-state index in [4.69, 9.17) is 4.74 Å². The molecule has 0 radical (unpaired) electrons. The van der Waals surface area contributed by atoms with Crippen LogP contribution < -0.4 is 16.3 Å². The molecule has 3 saturated heterocycles. The number of piperazine rings is 1. The number of aromatic nitrogens is 5. The minimum absolute atomic E-state index is 0.130. The number of aryl methyl sites for hydroxylation is 1. The fourth-order valence-electron chi connectivity index (χ4n) is 9.91. The number of carbonyl (C=O) groups excluding carboxylic acids is 2. The second kappa shape index (κ2) is 18.8. The summed E-state index contributed by atoms with van der Waals surface area (Å²) in [6, 6.07) is 14.0. The highest BCUT2D eigenvalue weighted by Gasteiger charge is 2.32. The topological polar surface area (TPSA) is 155 Å². The molecule has 2 atom stereocenters. The van der Waals surface area contributed by atoms with Gasteiger partial charge in [0.25, 0.3) is 0 Å². The summed E-state index contributed by atoms with van der Waals surface area (Å²) in [7, 11) is 1.72. The summed E-state index contributed by atoms with van der Waals surface area (Å²) in [5, 5.41) is 16.1. The largest absolute Gasteiger partial charge is 0.393 e. The van der Waals surface area contributed by atoms with Crippen molar-refractivity contribution in [2.24, 2.45) is 7.05 Å². The molecule has 4 aliphatic rings. The number of amides is 2. The lowest BCUT2D eigenvalue weighted by atomic mass is 9.93. The lowest BCUT2D eigenvalue weighted by Gasteiger charge is -2.34. The molecule has 342 valence electrons. The van der Waals surface area contributed by atoms with Crippen molar-refractivity contribution >= 4 is 39.8 Å². The Hall–Kier alpha value is -5.14. The quantitative estimate of drug-likeness (QED) is 0.130. The fourth-order valence-corrected chi connectivity index (χ4v) is 9.91. The van der Waals surface area contributed by atoms with Gasteiger partial charge in [-0.15, -0.1) is 0 Å². The van der Waals surface area contributed by atoms with Crippen LogP contribution in [0.15, 0.2) is 59.7 Å². The van der Waals surface area contributed by atoms with E-state index in [2.05, 4.69) is 70.3 Å². The Morgan fingerprint density at radius 3 is 2.36 bits per heavy atom. The molecule has 64 heavy (non-hydrogen) atoms. The molecule has 3 aromatic heterocycles. The number of anilines is 1.